The van der Waals surface area contributed by atoms with Crippen LogP contribution in [0.25, 0.3) is 5.69 Å². The van der Waals surface area contributed by atoms with E-state index >= 15 is 0 Å². The Balaban J connectivity index is 2.23. The summed E-state index contributed by atoms with van der Waals surface area (Å²) in [6.07, 6.45) is 3.68. The standard InChI is InChI=1S/C14H21N5/c1-10(2)7-16-9-13-8-15-6-5-14(13)19-12(4)17-11(3)18-19/h5-6,8,10,16H,7,9H2,1-4H3. The minimum atomic E-state index is 0.635. The van der Waals surface area contributed by atoms with E-state index in [0.29, 0.717) is 5.92 Å². The van der Waals surface area contributed by atoms with Crippen LogP contribution in [0.15, 0.2) is 18.5 Å². The van der Waals surface area contributed by atoms with Crippen LogP contribution in [0.5, 0.6) is 0 Å². The molecule has 19 heavy (non-hydrogen) atoms. The van der Waals surface area contributed by atoms with Crippen molar-refractivity contribution in [2.45, 2.75) is 34.2 Å². The average molecular weight is 259 g/mol. The van der Waals surface area contributed by atoms with E-state index in [1.54, 1.807) is 6.20 Å². The highest BCUT2D eigenvalue weighted by Gasteiger charge is 2.09. The lowest BCUT2D eigenvalue weighted by molar-refractivity contribution is 0.550. The molecular formula is C14H21N5. The molecule has 0 saturated heterocycles. The van der Waals surface area contributed by atoms with Crippen molar-refractivity contribution in [2.75, 3.05) is 6.54 Å². The molecule has 0 aliphatic rings. The summed E-state index contributed by atoms with van der Waals surface area (Å²) < 4.78 is 1.88. The van der Waals surface area contributed by atoms with Gasteiger partial charge in [0.15, 0.2) is 0 Å². The van der Waals surface area contributed by atoms with Crippen LogP contribution >= 0.6 is 0 Å². The van der Waals surface area contributed by atoms with Gasteiger partial charge in [-0.1, -0.05) is 13.8 Å². The summed E-state index contributed by atoms with van der Waals surface area (Å²) in [5, 5.41) is 7.87. The highest BCUT2D eigenvalue weighted by atomic mass is 15.3. The number of rotatable bonds is 5. The minimum absolute atomic E-state index is 0.635. The Labute approximate surface area is 114 Å². The predicted molar refractivity (Wildman–Crippen MR) is 75.2 cm³/mol. The van der Waals surface area contributed by atoms with Crippen LogP contribution in [0.3, 0.4) is 0 Å². The fourth-order valence-corrected chi connectivity index (χ4v) is 2.01. The summed E-state index contributed by atoms with van der Waals surface area (Å²) in [7, 11) is 0. The molecule has 0 fully saturated rings. The van der Waals surface area contributed by atoms with Gasteiger partial charge in [-0.25, -0.2) is 9.67 Å². The molecular weight excluding hydrogens is 238 g/mol. The van der Waals surface area contributed by atoms with Gasteiger partial charge in [-0.3, -0.25) is 4.98 Å². The molecule has 0 atom stereocenters. The molecule has 0 amide bonds. The Morgan fingerprint density at radius 1 is 1.32 bits per heavy atom. The van der Waals surface area contributed by atoms with Crippen LogP contribution in [0.1, 0.15) is 31.1 Å². The third-order valence-corrected chi connectivity index (χ3v) is 2.85. The van der Waals surface area contributed by atoms with Crippen molar-refractivity contribution in [1.29, 1.82) is 0 Å². The summed E-state index contributed by atoms with van der Waals surface area (Å²) in [5.74, 6) is 2.32. The van der Waals surface area contributed by atoms with Gasteiger partial charge in [0.2, 0.25) is 0 Å². The maximum atomic E-state index is 4.43. The second-order valence-corrected chi connectivity index (χ2v) is 5.15. The fourth-order valence-electron chi connectivity index (χ4n) is 2.01. The fraction of sp³-hybridized carbons (Fsp3) is 0.500. The number of nitrogens with one attached hydrogen (secondary N) is 1. The predicted octanol–water partition coefficient (Wildman–Crippen LogP) is 2.02. The molecule has 0 aliphatic heterocycles. The Morgan fingerprint density at radius 3 is 2.74 bits per heavy atom. The first-order chi connectivity index (χ1) is 9.08. The van der Waals surface area contributed by atoms with Crippen molar-refractivity contribution in [3.05, 3.63) is 35.7 Å². The van der Waals surface area contributed by atoms with Crippen LogP contribution in [0.4, 0.5) is 0 Å². The first kappa shape index (κ1) is 13.7. The highest BCUT2D eigenvalue weighted by molar-refractivity contribution is 5.38. The molecule has 0 saturated carbocycles. The number of aryl methyl sites for hydroxylation is 2. The van der Waals surface area contributed by atoms with E-state index in [4.69, 9.17) is 0 Å². The third-order valence-electron chi connectivity index (χ3n) is 2.85. The summed E-state index contributed by atoms with van der Waals surface area (Å²) >= 11 is 0. The Kier molecular flexibility index (Phi) is 4.27. The lowest BCUT2D eigenvalue weighted by Crippen LogP contribution is -2.20. The van der Waals surface area contributed by atoms with Crippen molar-refractivity contribution in [3.8, 4) is 5.69 Å². The van der Waals surface area contributed by atoms with E-state index in [2.05, 4.69) is 34.2 Å². The van der Waals surface area contributed by atoms with Gasteiger partial charge in [0.25, 0.3) is 0 Å². The van der Waals surface area contributed by atoms with Gasteiger partial charge in [0.05, 0.1) is 5.69 Å². The van der Waals surface area contributed by atoms with Crippen molar-refractivity contribution in [2.24, 2.45) is 5.92 Å². The van der Waals surface area contributed by atoms with Crippen molar-refractivity contribution in [3.63, 3.8) is 0 Å². The zero-order valence-electron chi connectivity index (χ0n) is 12.0. The van der Waals surface area contributed by atoms with E-state index in [0.717, 1.165) is 36.0 Å². The molecule has 0 aliphatic carbocycles. The van der Waals surface area contributed by atoms with Crippen LogP contribution in [-0.2, 0) is 6.54 Å². The summed E-state index contributed by atoms with van der Waals surface area (Å²) in [6.45, 7) is 10.0. The number of pyridine rings is 1. The molecule has 5 heteroatoms. The third kappa shape index (κ3) is 3.38. The molecule has 0 unspecified atom stereocenters. The van der Waals surface area contributed by atoms with E-state index in [1.807, 2.05) is 30.8 Å². The maximum absolute atomic E-state index is 4.43. The number of aromatic nitrogens is 4. The quantitative estimate of drug-likeness (QED) is 0.892. The number of nitrogens with zero attached hydrogens (tertiary/aromatic N) is 4. The molecule has 2 rings (SSSR count). The van der Waals surface area contributed by atoms with Crippen molar-refractivity contribution in [1.82, 2.24) is 25.1 Å². The van der Waals surface area contributed by atoms with Gasteiger partial charge in [-0.05, 0) is 32.4 Å². The molecule has 2 aromatic rings. The molecule has 5 nitrogen and oxygen atoms in total. The second kappa shape index (κ2) is 5.93. The molecule has 102 valence electrons. The average Bonchev–Trinajstić information content (AvgIpc) is 2.68. The number of hydrogen-bond donors (Lipinski definition) is 1. The summed E-state index contributed by atoms with van der Waals surface area (Å²) in [5.41, 5.74) is 2.18. The van der Waals surface area contributed by atoms with Gasteiger partial charge < -0.3 is 5.32 Å². The lowest BCUT2D eigenvalue weighted by atomic mass is 10.2. The molecule has 0 aromatic carbocycles. The Morgan fingerprint density at radius 2 is 2.11 bits per heavy atom. The number of hydrogen-bond acceptors (Lipinski definition) is 4. The molecule has 2 heterocycles. The normalized spacial score (nSPS) is 11.2. The largest absolute Gasteiger partial charge is 0.312 e. The SMILES string of the molecule is Cc1nc(C)n(-c2ccncc2CNCC(C)C)n1. The van der Waals surface area contributed by atoms with Crippen molar-refractivity contribution < 1.29 is 0 Å². The molecule has 1 N–H and O–H groups in total. The lowest BCUT2D eigenvalue weighted by Gasteiger charge is -2.12. The first-order valence-electron chi connectivity index (χ1n) is 6.62. The van der Waals surface area contributed by atoms with Crippen LogP contribution < -0.4 is 5.32 Å². The van der Waals surface area contributed by atoms with Gasteiger partial charge in [-0.2, -0.15) is 5.10 Å². The van der Waals surface area contributed by atoms with E-state index in [1.165, 1.54) is 0 Å². The molecule has 0 bridgehead atoms. The Bertz CT molecular complexity index is 545. The van der Waals surface area contributed by atoms with Crippen molar-refractivity contribution >= 4 is 0 Å². The highest BCUT2D eigenvalue weighted by Crippen LogP contribution is 2.14. The summed E-state index contributed by atoms with van der Waals surface area (Å²) in [4.78, 5) is 8.55. The maximum Gasteiger partial charge on any atom is 0.148 e. The van der Waals surface area contributed by atoms with E-state index in [9.17, 15) is 0 Å². The zero-order valence-corrected chi connectivity index (χ0v) is 12.0. The summed E-state index contributed by atoms with van der Waals surface area (Å²) in [6, 6.07) is 1.98. The second-order valence-electron chi connectivity index (χ2n) is 5.15. The monoisotopic (exact) mass is 259 g/mol. The van der Waals surface area contributed by atoms with Crippen LogP contribution in [0.2, 0.25) is 0 Å². The molecule has 2 aromatic heterocycles. The van der Waals surface area contributed by atoms with E-state index in [-0.39, 0.29) is 0 Å². The Hall–Kier alpha value is -1.75. The van der Waals surface area contributed by atoms with Gasteiger partial charge in [-0.15, -0.1) is 0 Å². The minimum Gasteiger partial charge on any atom is -0.312 e. The zero-order chi connectivity index (χ0) is 13.8. The van der Waals surface area contributed by atoms with E-state index < -0.39 is 0 Å². The topological polar surface area (TPSA) is 55.6 Å². The molecule has 0 radical (unpaired) electrons. The van der Waals surface area contributed by atoms with Gasteiger partial charge in [0, 0.05) is 24.5 Å². The molecule has 0 spiro atoms. The smallest absolute Gasteiger partial charge is 0.148 e. The first-order valence-corrected chi connectivity index (χ1v) is 6.62. The van der Waals surface area contributed by atoms with Crippen LogP contribution in [-0.4, -0.2) is 26.3 Å². The van der Waals surface area contributed by atoms with Crippen LogP contribution in [0, 0.1) is 19.8 Å². The van der Waals surface area contributed by atoms with Gasteiger partial charge >= 0.3 is 0 Å². The van der Waals surface area contributed by atoms with Gasteiger partial charge in [0.1, 0.15) is 11.6 Å².